The lowest BCUT2D eigenvalue weighted by Crippen LogP contribution is -2.30. The number of carbonyl (C=O) groups excluding carboxylic acids is 2. The molecule has 0 radical (unpaired) electrons. The predicted octanol–water partition coefficient (Wildman–Crippen LogP) is 2.19. The number of benzene rings is 1. The van der Waals surface area contributed by atoms with Crippen molar-refractivity contribution in [3.8, 4) is 0 Å². The van der Waals surface area contributed by atoms with Gasteiger partial charge in [0.2, 0.25) is 0 Å². The highest BCUT2D eigenvalue weighted by molar-refractivity contribution is 7.90. The Bertz CT molecular complexity index is 811. The molecule has 1 aromatic carbocycles. The molecule has 0 aliphatic carbocycles. The van der Waals surface area contributed by atoms with Crippen molar-refractivity contribution in [1.82, 2.24) is 5.32 Å². The Morgan fingerprint density at radius 3 is 2.42 bits per heavy atom. The van der Waals surface area contributed by atoms with Gasteiger partial charge in [-0.1, -0.05) is 6.07 Å². The van der Waals surface area contributed by atoms with Gasteiger partial charge in [-0.15, -0.1) is 11.3 Å². The van der Waals surface area contributed by atoms with Crippen molar-refractivity contribution in [3.05, 3.63) is 52.2 Å². The van der Waals surface area contributed by atoms with Crippen LogP contribution in [-0.2, 0) is 19.4 Å². The predicted molar refractivity (Wildman–Crippen MR) is 90.7 cm³/mol. The maximum atomic E-state index is 11.9. The molecule has 0 spiro atoms. The van der Waals surface area contributed by atoms with Gasteiger partial charge >= 0.3 is 5.97 Å². The Balaban J connectivity index is 1.87. The van der Waals surface area contributed by atoms with Gasteiger partial charge in [-0.05, 0) is 42.6 Å². The second kappa shape index (κ2) is 7.59. The van der Waals surface area contributed by atoms with Crippen molar-refractivity contribution in [2.75, 3.05) is 12.9 Å². The number of carbonyl (C=O) groups is 2. The Hall–Kier alpha value is -2.19. The highest BCUT2D eigenvalue weighted by atomic mass is 32.2. The van der Waals surface area contributed by atoms with Gasteiger partial charge in [0.1, 0.15) is 0 Å². The molecule has 6 nitrogen and oxygen atoms in total. The van der Waals surface area contributed by atoms with E-state index in [2.05, 4.69) is 5.32 Å². The van der Waals surface area contributed by atoms with Crippen molar-refractivity contribution in [3.63, 3.8) is 0 Å². The van der Waals surface area contributed by atoms with Crippen molar-refractivity contribution in [2.24, 2.45) is 0 Å². The zero-order valence-electron chi connectivity index (χ0n) is 13.2. The summed E-state index contributed by atoms with van der Waals surface area (Å²) in [7, 11) is -3.32. The van der Waals surface area contributed by atoms with Crippen LogP contribution in [0.25, 0.3) is 0 Å². The van der Waals surface area contributed by atoms with Gasteiger partial charge in [0.25, 0.3) is 5.91 Å². The molecule has 1 amide bonds. The van der Waals surface area contributed by atoms with E-state index in [1.54, 1.807) is 0 Å². The number of esters is 1. The first kappa shape index (κ1) is 18.2. The van der Waals surface area contributed by atoms with Gasteiger partial charge in [0, 0.05) is 11.1 Å². The van der Waals surface area contributed by atoms with Crippen molar-refractivity contribution < 1.29 is 22.7 Å². The quantitative estimate of drug-likeness (QED) is 0.791. The van der Waals surface area contributed by atoms with Crippen LogP contribution in [0.2, 0.25) is 0 Å². The molecule has 24 heavy (non-hydrogen) atoms. The first-order valence-electron chi connectivity index (χ1n) is 7.07. The molecule has 1 heterocycles. The molecular weight excluding hydrogens is 350 g/mol. The van der Waals surface area contributed by atoms with E-state index in [0.29, 0.717) is 0 Å². The second-order valence-electron chi connectivity index (χ2n) is 5.18. The number of rotatable bonds is 6. The Morgan fingerprint density at radius 2 is 1.88 bits per heavy atom. The van der Waals surface area contributed by atoms with Crippen molar-refractivity contribution in [2.45, 2.75) is 17.9 Å². The van der Waals surface area contributed by atoms with Crippen molar-refractivity contribution >= 4 is 33.1 Å². The van der Waals surface area contributed by atoms with Crippen molar-refractivity contribution in [1.29, 1.82) is 0 Å². The smallest absolute Gasteiger partial charge is 0.338 e. The molecule has 0 saturated carbocycles. The molecule has 0 fully saturated rings. The Morgan fingerprint density at radius 1 is 1.21 bits per heavy atom. The van der Waals surface area contributed by atoms with E-state index in [1.807, 2.05) is 24.4 Å². The summed E-state index contributed by atoms with van der Waals surface area (Å²) in [6, 6.07) is 8.99. The van der Waals surface area contributed by atoms with Crippen LogP contribution >= 0.6 is 11.3 Å². The molecule has 1 atom stereocenters. The van der Waals surface area contributed by atoms with Gasteiger partial charge < -0.3 is 10.1 Å². The molecule has 0 aliphatic rings. The average Bonchev–Trinajstić information content (AvgIpc) is 3.06. The fraction of sp³-hybridized carbons (Fsp3) is 0.250. The van der Waals surface area contributed by atoms with E-state index in [1.165, 1.54) is 35.6 Å². The normalized spacial score (nSPS) is 12.4. The zero-order valence-corrected chi connectivity index (χ0v) is 14.8. The molecule has 8 heteroatoms. The lowest BCUT2D eigenvalue weighted by atomic mass is 10.2. The van der Waals surface area contributed by atoms with Crippen LogP contribution in [-0.4, -0.2) is 33.2 Å². The Kier molecular flexibility index (Phi) is 5.74. The SMILES string of the molecule is C[C@@H](NC(=O)COC(=O)c1ccc(S(C)(=O)=O)cc1)c1cccs1. The lowest BCUT2D eigenvalue weighted by Gasteiger charge is -2.12. The van der Waals surface area contributed by atoms with Crippen LogP contribution in [0, 0.1) is 0 Å². The molecule has 1 aromatic heterocycles. The number of thiophene rings is 1. The monoisotopic (exact) mass is 367 g/mol. The van der Waals surface area contributed by atoms with Crippen LogP contribution < -0.4 is 5.32 Å². The van der Waals surface area contributed by atoms with Gasteiger partial charge in [0.05, 0.1) is 16.5 Å². The van der Waals surface area contributed by atoms with E-state index in [4.69, 9.17) is 4.74 Å². The highest BCUT2D eigenvalue weighted by Gasteiger charge is 2.14. The molecule has 0 bridgehead atoms. The molecule has 2 rings (SSSR count). The molecule has 0 aliphatic heterocycles. The minimum Gasteiger partial charge on any atom is -0.452 e. The summed E-state index contributed by atoms with van der Waals surface area (Å²) < 4.78 is 27.7. The van der Waals surface area contributed by atoms with E-state index in [9.17, 15) is 18.0 Å². The summed E-state index contributed by atoms with van der Waals surface area (Å²) in [5, 5.41) is 4.65. The van der Waals surface area contributed by atoms with Crippen LogP contribution in [0.15, 0.2) is 46.7 Å². The number of ether oxygens (including phenoxy) is 1. The number of sulfone groups is 1. The highest BCUT2D eigenvalue weighted by Crippen LogP contribution is 2.17. The molecule has 128 valence electrons. The zero-order chi connectivity index (χ0) is 17.7. The second-order valence-corrected chi connectivity index (χ2v) is 8.17. The van der Waals surface area contributed by atoms with E-state index < -0.39 is 28.3 Å². The van der Waals surface area contributed by atoms with Crippen LogP contribution in [0.5, 0.6) is 0 Å². The number of hydrogen-bond donors (Lipinski definition) is 1. The third-order valence-electron chi connectivity index (χ3n) is 3.20. The molecular formula is C16H17NO5S2. The third kappa shape index (κ3) is 4.90. The number of nitrogens with one attached hydrogen (secondary N) is 1. The van der Waals surface area contributed by atoms with Crippen LogP contribution in [0.4, 0.5) is 0 Å². The van der Waals surface area contributed by atoms with Gasteiger partial charge in [-0.2, -0.15) is 0 Å². The lowest BCUT2D eigenvalue weighted by molar-refractivity contribution is -0.124. The summed E-state index contributed by atoms with van der Waals surface area (Å²) in [4.78, 5) is 24.8. The van der Waals surface area contributed by atoms with E-state index >= 15 is 0 Å². The number of amides is 1. The molecule has 2 aromatic rings. The summed E-state index contributed by atoms with van der Waals surface area (Å²) in [5.41, 5.74) is 0.182. The first-order valence-corrected chi connectivity index (χ1v) is 9.84. The topological polar surface area (TPSA) is 89.5 Å². The minimum atomic E-state index is -3.32. The van der Waals surface area contributed by atoms with Gasteiger partial charge in [-0.25, -0.2) is 13.2 Å². The van der Waals surface area contributed by atoms with Crippen LogP contribution in [0.3, 0.4) is 0 Å². The summed E-state index contributed by atoms with van der Waals surface area (Å²) in [6.07, 6.45) is 1.08. The first-order chi connectivity index (χ1) is 11.3. The number of hydrogen-bond acceptors (Lipinski definition) is 6. The fourth-order valence-corrected chi connectivity index (χ4v) is 3.31. The van der Waals surface area contributed by atoms with E-state index in [0.717, 1.165) is 11.1 Å². The Labute approximate surface area is 144 Å². The van der Waals surface area contributed by atoms with Crippen LogP contribution in [0.1, 0.15) is 28.2 Å². The molecule has 0 unspecified atom stereocenters. The molecule has 0 saturated heterocycles. The van der Waals surface area contributed by atoms with E-state index in [-0.39, 0.29) is 16.5 Å². The van der Waals surface area contributed by atoms with Gasteiger partial charge in [-0.3, -0.25) is 4.79 Å². The summed E-state index contributed by atoms with van der Waals surface area (Å²) in [6.45, 7) is 1.44. The maximum Gasteiger partial charge on any atom is 0.338 e. The summed E-state index contributed by atoms with van der Waals surface area (Å²) in [5.74, 6) is -1.09. The minimum absolute atomic E-state index is 0.113. The summed E-state index contributed by atoms with van der Waals surface area (Å²) >= 11 is 1.53. The average molecular weight is 367 g/mol. The third-order valence-corrected chi connectivity index (χ3v) is 5.38. The fourth-order valence-electron chi connectivity index (χ4n) is 1.94. The van der Waals surface area contributed by atoms with Gasteiger partial charge in [0.15, 0.2) is 16.4 Å². The standard InChI is InChI=1S/C16H17NO5S2/c1-11(14-4-3-9-23-14)17-15(18)10-22-16(19)12-5-7-13(8-6-12)24(2,20)21/h3-9,11H,10H2,1-2H3,(H,17,18)/t11-/m1/s1. The largest absolute Gasteiger partial charge is 0.452 e. The maximum absolute atomic E-state index is 11.9. The molecule has 1 N–H and O–H groups in total.